The van der Waals surface area contributed by atoms with Crippen LogP contribution in [-0.4, -0.2) is 44.2 Å². The lowest BCUT2D eigenvalue weighted by Gasteiger charge is -2.26. The van der Waals surface area contributed by atoms with Gasteiger partial charge in [0, 0.05) is 12.1 Å². The predicted molar refractivity (Wildman–Crippen MR) is 106 cm³/mol. The minimum Gasteiger partial charge on any atom is -0.380 e. The molecule has 1 aromatic heterocycles. The number of ether oxygens (including phenoxy) is 2. The van der Waals surface area contributed by atoms with E-state index in [0.29, 0.717) is 22.8 Å². The van der Waals surface area contributed by atoms with Crippen molar-refractivity contribution in [2.24, 2.45) is 0 Å². The number of fused-ring (bicyclic) bond motifs is 2. The molecule has 2 aliphatic rings. The molecular formula is C21H19N3O4S. The normalized spacial score (nSPS) is 24.6. The lowest BCUT2D eigenvalue weighted by atomic mass is 10.0. The van der Waals surface area contributed by atoms with Crippen molar-refractivity contribution in [2.75, 3.05) is 6.61 Å². The average Bonchev–Trinajstić information content (AvgIpc) is 3.34. The molecule has 1 N–H and O–H groups in total. The zero-order chi connectivity index (χ0) is 20.0. The second-order valence-electron chi connectivity index (χ2n) is 7.15. The summed E-state index contributed by atoms with van der Waals surface area (Å²) in [5, 5.41) is 15.8. The third kappa shape index (κ3) is 3.14. The van der Waals surface area contributed by atoms with Gasteiger partial charge in [-0.15, -0.1) is 0 Å². The summed E-state index contributed by atoms with van der Waals surface area (Å²) in [6.45, 7) is 0.317. The number of nitrogens with zero attached hydrogens (tertiary/aromatic N) is 3. The number of aliphatic hydroxyl groups is 1. The van der Waals surface area contributed by atoms with Crippen molar-refractivity contribution < 1.29 is 19.4 Å². The lowest BCUT2D eigenvalue weighted by molar-refractivity contribution is -0.156. The van der Waals surface area contributed by atoms with Gasteiger partial charge in [0.15, 0.2) is 11.6 Å². The number of hydrogen-bond donors (Lipinski definition) is 1. The molecule has 7 nitrogen and oxygen atoms in total. The van der Waals surface area contributed by atoms with E-state index >= 15 is 0 Å². The number of Topliss-reactive ketones (excluding diaryl/α,β-unsaturated/α-hetero) is 1. The Bertz CT molecular complexity index is 1100. The Labute approximate surface area is 172 Å². The Hall–Kier alpha value is -2.65. The number of aliphatic hydroxyl groups excluding tert-OH is 1. The number of carbonyl (C=O) groups excluding carboxylic acids is 1. The van der Waals surface area contributed by atoms with Crippen molar-refractivity contribution in [3.8, 4) is 5.69 Å². The summed E-state index contributed by atoms with van der Waals surface area (Å²) in [7, 11) is 0. The molecule has 2 aromatic carbocycles. The highest BCUT2D eigenvalue weighted by Gasteiger charge is 2.45. The van der Waals surface area contributed by atoms with E-state index in [4.69, 9.17) is 21.7 Å². The van der Waals surface area contributed by atoms with Gasteiger partial charge in [-0.2, -0.15) is 5.10 Å². The Morgan fingerprint density at radius 3 is 2.52 bits per heavy atom. The van der Waals surface area contributed by atoms with Gasteiger partial charge in [0.2, 0.25) is 11.1 Å². The molecular weight excluding hydrogens is 390 g/mol. The van der Waals surface area contributed by atoms with Crippen molar-refractivity contribution in [1.29, 1.82) is 0 Å². The maximum atomic E-state index is 12.3. The quantitative estimate of drug-likeness (QED) is 0.668. The van der Waals surface area contributed by atoms with E-state index in [9.17, 15) is 9.90 Å². The van der Waals surface area contributed by atoms with Crippen molar-refractivity contribution in [1.82, 2.24) is 14.3 Å². The highest BCUT2D eigenvalue weighted by molar-refractivity contribution is 7.71. The van der Waals surface area contributed by atoms with Crippen LogP contribution in [0.5, 0.6) is 0 Å². The van der Waals surface area contributed by atoms with E-state index in [0.717, 1.165) is 5.69 Å². The fraction of sp³-hybridized carbons (Fsp3) is 0.286. The topological polar surface area (TPSA) is 78.5 Å². The van der Waals surface area contributed by atoms with Gasteiger partial charge in [0.05, 0.1) is 12.6 Å². The summed E-state index contributed by atoms with van der Waals surface area (Å²) in [4.78, 5) is 12.3. The Morgan fingerprint density at radius 1 is 1.10 bits per heavy atom. The minimum absolute atomic E-state index is 0.120. The van der Waals surface area contributed by atoms with E-state index in [1.54, 1.807) is 9.25 Å². The van der Waals surface area contributed by atoms with Crippen molar-refractivity contribution in [3.63, 3.8) is 0 Å². The zero-order valence-corrected chi connectivity index (χ0v) is 16.2. The number of benzene rings is 2. The third-order valence-electron chi connectivity index (χ3n) is 5.33. The third-order valence-corrected chi connectivity index (χ3v) is 5.70. The second kappa shape index (κ2) is 7.31. The average molecular weight is 409 g/mol. The molecule has 3 aromatic rings. The molecule has 5 rings (SSSR count). The molecule has 0 radical (unpaired) electrons. The van der Waals surface area contributed by atoms with Crippen LogP contribution in [0.1, 0.15) is 30.0 Å². The molecule has 3 heterocycles. The molecule has 4 atom stereocenters. The first-order valence-electron chi connectivity index (χ1n) is 9.43. The summed E-state index contributed by atoms with van der Waals surface area (Å²) in [5.74, 6) is 0.269. The van der Waals surface area contributed by atoms with Gasteiger partial charge in [-0.1, -0.05) is 48.5 Å². The number of carbonyl (C=O) groups is 1. The molecule has 2 bridgehead atoms. The molecule has 0 aliphatic carbocycles. The van der Waals surface area contributed by atoms with Gasteiger partial charge in [0.25, 0.3) is 0 Å². The molecule has 0 amide bonds. The molecule has 2 fully saturated rings. The van der Waals surface area contributed by atoms with Gasteiger partial charge in [0.1, 0.15) is 12.2 Å². The fourth-order valence-electron chi connectivity index (χ4n) is 3.86. The van der Waals surface area contributed by atoms with Crippen LogP contribution in [-0.2, 0) is 14.3 Å². The highest BCUT2D eigenvalue weighted by atomic mass is 32.1. The Morgan fingerprint density at radius 2 is 1.79 bits per heavy atom. The maximum absolute atomic E-state index is 12.3. The summed E-state index contributed by atoms with van der Waals surface area (Å²) in [6, 6.07) is 18.4. The van der Waals surface area contributed by atoms with Crippen LogP contribution in [0, 0.1) is 4.77 Å². The van der Waals surface area contributed by atoms with Gasteiger partial charge in [-0.05, 0) is 29.9 Å². The van der Waals surface area contributed by atoms with Crippen LogP contribution < -0.4 is 0 Å². The fourth-order valence-corrected chi connectivity index (χ4v) is 4.24. The predicted octanol–water partition coefficient (Wildman–Crippen LogP) is 2.74. The summed E-state index contributed by atoms with van der Waals surface area (Å²) < 4.78 is 14.9. The first-order valence-corrected chi connectivity index (χ1v) is 9.84. The van der Waals surface area contributed by atoms with Crippen LogP contribution in [0.15, 0.2) is 60.7 Å². The Kier molecular flexibility index (Phi) is 4.63. The van der Waals surface area contributed by atoms with Crippen LogP contribution in [0.3, 0.4) is 0 Å². The first kappa shape index (κ1) is 18.4. The molecule has 0 saturated carbocycles. The smallest absolute Gasteiger partial charge is 0.218 e. The number of rotatable bonds is 4. The number of aromatic nitrogens is 3. The number of ketones is 1. The maximum Gasteiger partial charge on any atom is 0.218 e. The van der Waals surface area contributed by atoms with Crippen molar-refractivity contribution in [3.05, 3.63) is 76.8 Å². The van der Waals surface area contributed by atoms with E-state index < -0.39 is 12.4 Å². The van der Waals surface area contributed by atoms with Crippen molar-refractivity contribution >= 4 is 18.0 Å². The molecule has 2 saturated heterocycles. The monoisotopic (exact) mass is 409 g/mol. The van der Waals surface area contributed by atoms with E-state index in [1.807, 2.05) is 60.7 Å². The molecule has 148 valence electrons. The van der Waals surface area contributed by atoms with E-state index in [-0.39, 0.29) is 24.3 Å². The summed E-state index contributed by atoms with van der Waals surface area (Å²) >= 11 is 5.74. The zero-order valence-electron chi connectivity index (χ0n) is 15.4. The van der Waals surface area contributed by atoms with Crippen molar-refractivity contribution in [2.45, 2.75) is 31.0 Å². The molecule has 2 aliphatic heterocycles. The van der Waals surface area contributed by atoms with Crippen LogP contribution >= 0.6 is 12.2 Å². The standard InChI is InChI=1S/C21H19N3O4S/c25-16-11-15(17-12-27-20(16)28-17)24-21(29)23(14-9-5-2-6-10-14)19(22-24)18(26)13-7-3-1-4-8-13/h1-10,15,17-18,20,26H,11-12H2/t15-,17+,18?,20+/m1/s1. The van der Waals surface area contributed by atoms with Crippen LogP contribution in [0.25, 0.3) is 5.69 Å². The molecule has 0 spiro atoms. The Balaban J connectivity index is 1.65. The summed E-state index contributed by atoms with van der Waals surface area (Å²) in [6.07, 6.45) is -1.83. The second-order valence-corrected chi connectivity index (χ2v) is 7.51. The van der Waals surface area contributed by atoms with Crippen LogP contribution in [0.2, 0.25) is 0 Å². The van der Waals surface area contributed by atoms with E-state index in [1.165, 1.54) is 0 Å². The highest BCUT2D eigenvalue weighted by Crippen LogP contribution is 2.34. The largest absolute Gasteiger partial charge is 0.380 e. The number of hydrogen-bond acceptors (Lipinski definition) is 6. The number of para-hydroxylation sites is 1. The van der Waals surface area contributed by atoms with Gasteiger partial charge >= 0.3 is 0 Å². The lowest BCUT2D eigenvalue weighted by Crippen LogP contribution is -2.37. The van der Waals surface area contributed by atoms with Gasteiger partial charge in [-0.25, -0.2) is 4.68 Å². The summed E-state index contributed by atoms with van der Waals surface area (Å²) in [5.41, 5.74) is 1.49. The van der Waals surface area contributed by atoms with Crippen LogP contribution in [0.4, 0.5) is 0 Å². The first-order chi connectivity index (χ1) is 14.1. The molecule has 29 heavy (non-hydrogen) atoms. The molecule has 8 heteroatoms. The minimum atomic E-state index is -0.979. The van der Waals surface area contributed by atoms with Gasteiger partial charge < -0.3 is 14.6 Å². The van der Waals surface area contributed by atoms with Gasteiger partial charge in [-0.3, -0.25) is 9.36 Å². The van der Waals surface area contributed by atoms with E-state index in [2.05, 4.69) is 5.10 Å². The molecule has 1 unspecified atom stereocenters. The SMILES string of the molecule is O=C1C[C@@H](n2nc(C(O)c3ccccc3)n(-c3ccccc3)c2=S)[C@@H]2CO[C@H]1O2.